The molecule has 2 N–H and O–H groups in total. The zero-order chi connectivity index (χ0) is 10.3. The molecule has 1 aromatic rings. The predicted molar refractivity (Wildman–Crippen MR) is 47.9 cm³/mol. The van der Waals surface area contributed by atoms with Crippen LogP contribution in [0.1, 0.15) is 29.4 Å². The summed E-state index contributed by atoms with van der Waals surface area (Å²) in [6.45, 7) is 1.85. The van der Waals surface area contributed by atoms with Crippen molar-refractivity contribution in [2.75, 3.05) is 0 Å². The van der Waals surface area contributed by atoms with Gasteiger partial charge in [0.15, 0.2) is 0 Å². The number of hydrogen-bond acceptors (Lipinski definition) is 3. The van der Waals surface area contributed by atoms with Crippen LogP contribution in [0.25, 0.3) is 0 Å². The Bertz CT molecular complexity index is 366. The van der Waals surface area contributed by atoms with Gasteiger partial charge in [0.05, 0.1) is 18.3 Å². The lowest BCUT2D eigenvalue weighted by atomic mass is 9.85. The monoisotopic (exact) mass is 196 g/mol. The molecule has 1 heterocycles. The predicted octanol–water partition coefficient (Wildman–Crippen LogP) is 1.27. The van der Waals surface area contributed by atoms with E-state index in [1.54, 1.807) is 6.26 Å². The van der Waals surface area contributed by atoms with E-state index in [1.807, 2.05) is 6.92 Å². The quantitative estimate of drug-likeness (QED) is 0.709. The van der Waals surface area contributed by atoms with Gasteiger partial charge in [-0.25, -0.2) is 0 Å². The number of aliphatic carboxylic acids is 1. The molecule has 0 aromatic carbocycles. The number of carboxylic acid groups (broad SMARTS) is 1. The Labute approximate surface area is 81.2 Å². The molecule has 76 valence electrons. The van der Waals surface area contributed by atoms with Crippen molar-refractivity contribution in [3.8, 4) is 0 Å². The van der Waals surface area contributed by atoms with E-state index in [9.17, 15) is 9.90 Å². The summed E-state index contributed by atoms with van der Waals surface area (Å²) in [5.74, 6) is -0.777. The Morgan fingerprint density at radius 2 is 2.36 bits per heavy atom. The van der Waals surface area contributed by atoms with Crippen molar-refractivity contribution in [1.82, 2.24) is 0 Å². The standard InChI is InChI=1S/C10H12O4/c1-5-4-14-8-3-6(10(12)13)2-7(11)9(5)8/h4,6-7,11H,2-3H2,1H3,(H,12,13). The normalized spacial score (nSPS) is 25.9. The summed E-state index contributed by atoms with van der Waals surface area (Å²) in [6, 6.07) is 0. The molecule has 0 fully saturated rings. The van der Waals surface area contributed by atoms with Crippen LogP contribution in [-0.2, 0) is 11.2 Å². The highest BCUT2D eigenvalue weighted by atomic mass is 16.4. The fourth-order valence-corrected chi connectivity index (χ4v) is 2.00. The molecular formula is C10H12O4. The SMILES string of the molecule is Cc1coc2c1C(O)CC(C(=O)O)C2. The Hall–Kier alpha value is -1.29. The van der Waals surface area contributed by atoms with Gasteiger partial charge in [-0.15, -0.1) is 0 Å². The average molecular weight is 196 g/mol. The van der Waals surface area contributed by atoms with Crippen LogP contribution in [0.4, 0.5) is 0 Å². The minimum absolute atomic E-state index is 0.280. The number of hydrogen-bond donors (Lipinski definition) is 2. The molecule has 0 saturated carbocycles. The van der Waals surface area contributed by atoms with Gasteiger partial charge in [0.25, 0.3) is 0 Å². The number of furan rings is 1. The summed E-state index contributed by atoms with van der Waals surface area (Å²) >= 11 is 0. The van der Waals surface area contributed by atoms with Crippen molar-refractivity contribution < 1.29 is 19.4 Å². The van der Waals surface area contributed by atoms with Crippen LogP contribution in [0.2, 0.25) is 0 Å². The first kappa shape index (κ1) is 9.27. The molecule has 1 aliphatic rings. The second kappa shape index (κ2) is 3.13. The zero-order valence-corrected chi connectivity index (χ0v) is 7.86. The Morgan fingerprint density at radius 1 is 1.64 bits per heavy atom. The maximum absolute atomic E-state index is 10.8. The fourth-order valence-electron chi connectivity index (χ4n) is 2.00. The van der Waals surface area contributed by atoms with Gasteiger partial charge in [0.1, 0.15) is 5.76 Å². The summed E-state index contributed by atoms with van der Waals surface area (Å²) in [5, 5.41) is 18.6. The first-order valence-corrected chi connectivity index (χ1v) is 4.57. The largest absolute Gasteiger partial charge is 0.481 e. The summed E-state index contributed by atoms with van der Waals surface area (Å²) in [7, 11) is 0. The van der Waals surface area contributed by atoms with Gasteiger partial charge in [-0.2, -0.15) is 0 Å². The summed E-state index contributed by atoms with van der Waals surface area (Å²) in [6.07, 6.45) is 1.54. The summed E-state index contributed by atoms with van der Waals surface area (Å²) < 4.78 is 5.21. The number of aliphatic hydroxyl groups excluding tert-OH is 1. The van der Waals surface area contributed by atoms with Crippen molar-refractivity contribution in [2.24, 2.45) is 5.92 Å². The third-order valence-electron chi connectivity index (χ3n) is 2.73. The first-order chi connectivity index (χ1) is 6.59. The third kappa shape index (κ3) is 1.32. The van der Waals surface area contributed by atoms with Gasteiger partial charge < -0.3 is 14.6 Å². The van der Waals surface area contributed by atoms with E-state index in [0.29, 0.717) is 12.2 Å². The minimum atomic E-state index is -0.872. The minimum Gasteiger partial charge on any atom is -0.481 e. The molecular weight excluding hydrogens is 184 g/mol. The lowest BCUT2D eigenvalue weighted by Crippen LogP contribution is -2.24. The first-order valence-electron chi connectivity index (χ1n) is 4.57. The second-order valence-electron chi connectivity index (χ2n) is 3.75. The van der Waals surface area contributed by atoms with Crippen molar-refractivity contribution in [3.05, 3.63) is 23.2 Å². The van der Waals surface area contributed by atoms with Gasteiger partial charge in [0.2, 0.25) is 0 Å². The van der Waals surface area contributed by atoms with Gasteiger partial charge in [0, 0.05) is 12.0 Å². The Morgan fingerprint density at radius 3 is 3.00 bits per heavy atom. The Kier molecular flexibility index (Phi) is 2.07. The van der Waals surface area contributed by atoms with Crippen molar-refractivity contribution in [2.45, 2.75) is 25.9 Å². The van der Waals surface area contributed by atoms with Crippen LogP contribution in [0.5, 0.6) is 0 Å². The summed E-state index contributed by atoms with van der Waals surface area (Å²) in [5.41, 5.74) is 1.68. The van der Waals surface area contributed by atoms with Crippen LogP contribution in [0.15, 0.2) is 10.7 Å². The highest BCUT2D eigenvalue weighted by Gasteiger charge is 2.33. The highest BCUT2D eigenvalue weighted by molar-refractivity contribution is 5.71. The molecule has 0 spiro atoms. The van der Waals surface area contributed by atoms with E-state index in [-0.39, 0.29) is 6.42 Å². The zero-order valence-electron chi connectivity index (χ0n) is 7.86. The van der Waals surface area contributed by atoms with Gasteiger partial charge in [-0.1, -0.05) is 0 Å². The lowest BCUT2D eigenvalue weighted by molar-refractivity contribution is -0.143. The molecule has 14 heavy (non-hydrogen) atoms. The Balaban J connectivity index is 2.34. The van der Waals surface area contributed by atoms with Gasteiger partial charge in [-0.05, 0) is 18.9 Å². The third-order valence-corrected chi connectivity index (χ3v) is 2.73. The molecule has 1 aliphatic carbocycles. The topological polar surface area (TPSA) is 70.7 Å². The van der Waals surface area contributed by atoms with Gasteiger partial charge >= 0.3 is 5.97 Å². The van der Waals surface area contributed by atoms with E-state index in [4.69, 9.17) is 9.52 Å². The maximum atomic E-state index is 10.8. The molecule has 0 radical (unpaired) electrons. The van der Waals surface area contributed by atoms with Crippen molar-refractivity contribution in [3.63, 3.8) is 0 Å². The van der Waals surface area contributed by atoms with E-state index in [1.165, 1.54) is 0 Å². The molecule has 4 nitrogen and oxygen atoms in total. The number of aliphatic hydroxyl groups is 1. The van der Waals surface area contributed by atoms with Crippen LogP contribution < -0.4 is 0 Å². The number of carboxylic acids is 1. The molecule has 4 heteroatoms. The maximum Gasteiger partial charge on any atom is 0.307 e. The second-order valence-corrected chi connectivity index (χ2v) is 3.75. The van der Waals surface area contributed by atoms with Crippen LogP contribution >= 0.6 is 0 Å². The molecule has 0 amide bonds. The number of fused-ring (bicyclic) bond motifs is 1. The van der Waals surface area contributed by atoms with Crippen molar-refractivity contribution in [1.29, 1.82) is 0 Å². The molecule has 2 rings (SSSR count). The van der Waals surface area contributed by atoms with Crippen LogP contribution in [-0.4, -0.2) is 16.2 Å². The van der Waals surface area contributed by atoms with Crippen molar-refractivity contribution >= 4 is 5.97 Å². The fraction of sp³-hybridized carbons (Fsp3) is 0.500. The number of rotatable bonds is 1. The lowest BCUT2D eigenvalue weighted by Gasteiger charge is -2.22. The summed E-state index contributed by atoms with van der Waals surface area (Å²) in [4.78, 5) is 10.8. The van der Waals surface area contributed by atoms with E-state index < -0.39 is 18.0 Å². The molecule has 2 atom stereocenters. The van der Waals surface area contributed by atoms with Crippen LogP contribution in [0, 0.1) is 12.8 Å². The molecule has 2 unspecified atom stereocenters. The number of aryl methyl sites for hydroxylation is 1. The number of carbonyl (C=O) groups is 1. The highest BCUT2D eigenvalue weighted by Crippen LogP contribution is 2.36. The van der Waals surface area contributed by atoms with Crippen LogP contribution in [0.3, 0.4) is 0 Å². The molecule has 0 aliphatic heterocycles. The molecule has 0 saturated heterocycles. The van der Waals surface area contributed by atoms with E-state index in [0.717, 1.165) is 11.1 Å². The molecule has 1 aromatic heterocycles. The van der Waals surface area contributed by atoms with E-state index >= 15 is 0 Å². The van der Waals surface area contributed by atoms with E-state index in [2.05, 4.69) is 0 Å². The average Bonchev–Trinajstić information content (AvgIpc) is 2.48. The molecule has 0 bridgehead atoms. The smallest absolute Gasteiger partial charge is 0.307 e. The van der Waals surface area contributed by atoms with Gasteiger partial charge in [-0.3, -0.25) is 4.79 Å².